The van der Waals surface area contributed by atoms with Gasteiger partial charge < -0.3 is 14.7 Å². The molecule has 1 unspecified atom stereocenters. The predicted molar refractivity (Wildman–Crippen MR) is 71.7 cm³/mol. The molecule has 1 fully saturated rings. The number of aromatic nitrogens is 1. The Morgan fingerprint density at radius 2 is 2.37 bits per heavy atom. The van der Waals surface area contributed by atoms with E-state index in [2.05, 4.69) is 9.72 Å². The second kappa shape index (κ2) is 5.92. The van der Waals surface area contributed by atoms with Crippen molar-refractivity contribution >= 4 is 29.4 Å². The molecule has 2 rings (SSSR count). The molecule has 0 aliphatic carbocycles. The minimum Gasteiger partial charge on any atom is -0.480 e. The van der Waals surface area contributed by atoms with Gasteiger partial charge in [0.15, 0.2) is 0 Å². The average Bonchev–Trinajstić information content (AvgIpc) is 2.46. The van der Waals surface area contributed by atoms with Gasteiger partial charge in [-0.15, -0.1) is 0 Å². The number of anilines is 1. The van der Waals surface area contributed by atoms with Crippen LogP contribution in [-0.2, 0) is 9.53 Å². The number of nitrogens with zero attached hydrogens (tertiary/aromatic N) is 2. The van der Waals surface area contributed by atoms with Crippen LogP contribution in [0.25, 0.3) is 0 Å². The summed E-state index contributed by atoms with van der Waals surface area (Å²) in [4.78, 5) is 28.4. The van der Waals surface area contributed by atoms with Crippen molar-refractivity contribution < 1.29 is 19.4 Å². The third-order valence-corrected chi connectivity index (χ3v) is 3.91. The molecule has 6 nitrogen and oxygen atoms in total. The number of thioether (sulfide) groups is 1. The Hall–Kier alpha value is -1.76. The van der Waals surface area contributed by atoms with Gasteiger partial charge in [0, 0.05) is 29.9 Å². The van der Waals surface area contributed by atoms with Gasteiger partial charge in [0.1, 0.15) is 11.7 Å². The zero-order chi connectivity index (χ0) is 13.8. The van der Waals surface area contributed by atoms with Gasteiger partial charge in [0.05, 0.1) is 7.11 Å². The molecule has 2 heterocycles. The molecule has 0 amide bonds. The minimum atomic E-state index is -0.858. The summed E-state index contributed by atoms with van der Waals surface area (Å²) in [6.07, 6.45) is 1.49. The Kier molecular flexibility index (Phi) is 4.26. The van der Waals surface area contributed by atoms with Crippen LogP contribution in [0.3, 0.4) is 0 Å². The van der Waals surface area contributed by atoms with Gasteiger partial charge in [-0.25, -0.2) is 14.6 Å². The van der Waals surface area contributed by atoms with Crippen molar-refractivity contribution in [3.05, 3.63) is 24.0 Å². The second-order valence-electron chi connectivity index (χ2n) is 4.01. The van der Waals surface area contributed by atoms with E-state index in [1.807, 2.05) is 0 Å². The summed E-state index contributed by atoms with van der Waals surface area (Å²) in [7, 11) is 1.29. The molecule has 0 radical (unpaired) electrons. The fourth-order valence-electron chi connectivity index (χ4n) is 1.93. The van der Waals surface area contributed by atoms with Crippen molar-refractivity contribution in [3.8, 4) is 0 Å². The lowest BCUT2D eigenvalue weighted by Crippen LogP contribution is -2.47. The first-order valence-electron chi connectivity index (χ1n) is 5.75. The van der Waals surface area contributed by atoms with Crippen LogP contribution in [0.1, 0.15) is 10.5 Å². The van der Waals surface area contributed by atoms with E-state index in [-0.39, 0.29) is 5.69 Å². The first-order valence-corrected chi connectivity index (χ1v) is 6.90. The Morgan fingerprint density at radius 1 is 1.58 bits per heavy atom. The molecule has 0 saturated carbocycles. The van der Waals surface area contributed by atoms with Crippen LogP contribution in [-0.4, -0.2) is 53.2 Å². The minimum absolute atomic E-state index is 0.183. The summed E-state index contributed by atoms with van der Waals surface area (Å²) in [5.41, 5.74) is 0.866. The number of carbonyl (C=O) groups is 2. The zero-order valence-corrected chi connectivity index (χ0v) is 11.2. The van der Waals surface area contributed by atoms with E-state index < -0.39 is 18.0 Å². The molecule has 19 heavy (non-hydrogen) atoms. The summed E-state index contributed by atoms with van der Waals surface area (Å²) < 4.78 is 4.61. The van der Waals surface area contributed by atoms with Gasteiger partial charge in [-0.3, -0.25) is 0 Å². The fourth-order valence-corrected chi connectivity index (χ4v) is 2.97. The van der Waals surface area contributed by atoms with E-state index in [1.54, 1.807) is 28.8 Å². The van der Waals surface area contributed by atoms with Crippen LogP contribution < -0.4 is 4.90 Å². The van der Waals surface area contributed by atoms with E-state index in [0.717, 1.165) is 5.75 Å². The first kappa shape index (κ1) is 13.7. The van der Waals surface area contributed by atoms with E-state index in [4.69, 9.17) is 0 Å². The highest BCUT2D eigenvalue weighted by Gasteiger charge is 2.29. The van der Waals surface area contributed by atoms with Gasteiger partial charge in [0.2, 0.25) is 0 Å². The monoisotopic (exact) mass is 282 g/mol. The number of rotatable bonds is 3. The maximum absolute atomic E-state index is 11.4. The largest absolute Gasteiger partial charge is 0.480 e. The summed E-state index contributed by atoms with van der Waals surface area (Å²) in [6, 6.07) is 2.70. The fraction of sp³-hybridized carbons (Fsp3) is 0.417. The van der Waals surface area contributed by atoms with Crippen LogP contribution in [0.2, 0.25) is 0 Å². The number of ether oxygens (including phenoxy) is 1. The summed E-state index contributed by atoms with van der Waals surface area (Å²) in [5, 5.41) is 9.23. The molecule has 1 saturated heterocycles. The number of hydrogen-bond donors (Lipinski definition) is 1. The molecule has 1 N–H and O–H groups in total. The van der Waals surface area contributed by atoms with E-state index >= 15 is 0 Å². The lowest BCUT2D eigenvalue weighted by atomic mass is 10.2. The number of pyridine rings is 1. The third kappa shape index (κ3) is 2.98. The molecular weight excluding hydrogens is 268 g/mol. The van der Waals surface area contributed by atoms with Crippen LogP contribution in [0.4, 0.5) is 5.69 Å². The average molecular weight is 282 g/mol. The van der Waals surface area contributed by atoms with Crippen LogP contribution in [0.15, 0.2) is 18.3 Å². The molecule has 1 aromatic rings. The van der Waals surface area contributed by atoms with Crippen molar-refractivity contribution in [2.75, 3.05) is 30.1 Å². The molecule has 0 aromatic carbocycles. The smallest absolute Gasteiger partial charge is 0.356 e. The summed E-state index contributed by atoms with van der Waals surface area (Å²) in [6.45, 7) is 0.631. The van der Waals surface area contributed by atoms with Crippen molar-refractivity contribution in [2.24, 2.45) is 0 Å². The molecular formula is C12H14N2O4S. The Balaban J connectivity index is 2.29. The van der Waals surface area contributed by atoms with Crippen LogP contribution in [0, 0.1) is 0 Å². The molecule has 0 spiro atoms. The quantitative estimate of drug-likeness (QED) is 0.824. The van der Waals surface area contributed by atoms with Crippen molar-refractivity contribution in [1.29, 1.82) is 0 Å². The van der Waals surface area contributed by atoms with E-state index in [9.17, 15) is 14.7 Å². The third-order valence-electron chi connectivity index (χ3n) is 2.88. The predicted octanol–water partition coefficient (Wildman–Crippen LogP) is 0.875. The standard InChI is InChI=1S/C12H14N2O4S/c1-18-12(17)9-6-8(2-3-13-9)14-4-5-19-7-10(14)11(15)16/h2-3,6,10H,4-5,7H2,1H3,(H,15,16). The molecule has 1 aromatic heterocycles. The SMILES string of the molecule is COC(=O)c1cc(N2CCSCC2C(=O)O)ccn1. The number of esters is 1. The molecule has 0 bridgehead atoms. The van der Waals surface area contributed by atoms with Gasteiger partial charge in [-0.2, -0.15) is 11.8 Å². The number of hydrogen-bond acceptors (Lipinski definition) is 6. The topological polar surface area (TPSA) is 79.7 Å². The number of aliphatic carboxylic acids is 1. The number of carboxylic acid groups (broad SMARTS) is 1. The molecule has 1 atom stereocenters. The normalized spacial score (nSPS) is 19.0. The second-order valence-corrected chi connectivity index (χ2v) is 5.16. The van der Waals surface area contributed by atoms with Crippen LogP contribution in [0.5, 0.6) is 0 Å². The first-order chi connectivity index (χ1) is 9.13. The number of carbonyl (C=O) groups excluding carboxylic acids is 1. The number of methoxy groups -OCH3 is 1. The van der Waals surface area contributed by atoms with Crippen molar-refractivity contribution in [2.45, 2.75) is 6.04 Å². The highest BCUT2D eigenvalue weighted by Crippen LogP contribution is 2.24. The highest BCUT2D eigenvalue weighted by molar-refractivity contribution is 7.99. The Morgan fingerprint density at radius 3 is 3.05 bits per heavy atom. The van der Waals surface area contributed by atoms with Crippen LogP contribution >= 0.6 is 11.8 Å². The van der Waals surface area contributed by atoms with Gasteiger partial charge in [-0.05, 0) is 12.1 Å². The zero-order valence-electron chi connectivity index (χ0n) is 10.4. The molecule has 102 valence electrons. The van der Waals surface area contributed by atoms with Gasteiger partial charge >= 0.3 is 11.9 Å². The lowest BCUT2D eigenvalue weighted by molar-refractivity contribution is -0.138. The van der Waals surface area contributed by atoms with Gasteiger partial charge in [-0.1, -0.05) is 0 Å². The lowest BCUT2D eigenvalue weighted by Gasteiger charge is -2.34. The van der Waals surface area contributed by atoms with E-state index in [0.29, 0.717) is 18.0 Å². The highest BCUT2D eigenvalue weighted by atomic mass is 32.2. The molecule has 1 aliphatic rings. The maximum atomic E-state index is 11.4. The van der Waals surface area contributed by atoms with Crippen molar-refractivity contribution in [3.63, 3.8) is 0 Å². The molecule has 7 heteroatoms. The summed E-state index contributed by atoms with van der Waals surface area (Å²) >= 11 is 1.62. The molecule has 1 aliphatic heterocycles. The Bertz CT molecular complexity index is 494. The maximum Gasteiger partial charge on any atom is 0.356 e. The van der Waals surface area contributed by atoms with E-state index in [1.165, 1.54) is 13.3 Å². The van der Waals surface area contributed by atoms with Crippen molar-refractivity contribution in [1.82, 2.24) is 4.98 Å². The van der Waals surface area contributed by atoms with Gasteiger partial charge in [0.25, 0.3) is 0 Å². The number of carboxylic acids is 1. The Labute approximate surface area is 114 Å². The summed E-state index contributed by atoms with van der Waals surface area (Å²) in [5.74, 6) is 0.00830.